The second kappa shape index (κ2) is 7.90. The number of benzene rings is 2. The highest BCUT2D eigenvalue weighted by atomic mass is 15.2. The Kier molecular flexibility index (Phi) is 4.93. The van der Waals surface area contributed by atoms with Crippen molar-refractivity contribution in [2.75, 3.05) is 18.0 Å². The molecule has 1 aliphatic heterocycles. The SMILES string of the molecule is [C-]#[N+]c1ccc(-c2cc3c(N4CCC(N)CC4)nccn3c2-c2ccc(C)cc2)cc1. The van der Waals surface area contributed by atoms with E-state index in [1.165, 1.54) is 5.56 Å². The molecule has 0 atom stereocenters. The van der Waals surface area contributed by atoms with Gasteiger partial charge in [-0.1, -0.05) is 54.1 Å². The van der Waals surface area contributed by atoms with Crippen LogP contribution in [0.3, 0.4) is 0 Å². The highest BCUT2D eigenvalue weighted by molar-refractivity contribution is 5.90. The molecule has 5 rings (SSSR count). The molecule has 0 saturated carbocycles. The minimum atomic E-state index is 0.280. The van der Waals surface area contributed by atoms with Gasteiger partial charge in [0.15, 0.2) is 11.5 Å². The van der Waals surface area contributed by atoms with Crippen molar-refractivity contribution in [2.45, 2.75) is 25.8 Å². The summed E-state index contributed by atoms with van der Waals surface area (Å²) in [5, 5.41) is 0. The molecule has 2 N–H and O–H groups in total. The zero-order valence-electron chi connectivity index (χ0n) is 17.6. The van der Waals surface area contributed by atoms with E-state index in [2.05, 4.69) is 51.4 Å². The third-order valence-corrected chi connectivity index (χ3v) is 6.15. The summed E-state index contributed by atoms with van der Waals surface area (Å²) in [5.74, 6) is 1.01. The summed E-state index contributed by atoms with van der Waals surface area (Å²) in [6.45, 7) is 11.2. The number of aromatic nitrogens is 2. The van der Waals surface area contributed by atoms with Crippen molar-refractivity contribution in [3.8, 4) is 22.4 Å². The summed E-state index contributed by atoms with van der Waals surface area (Å²) in [4.78, 5) is 10.7. The fourth-order valence-corrected chi connectivity index (χ4v) is 4.39. The second-order valence-electron chi connectivity index (χ2n) is 8.26. The van der Waals surface area contributed by atoms with E-state index >= 15 is 0 Å². The molecule has 2 aromatic heterocycles. The zero-order chi connectivity index (χ0) is 21.4. The van der Waals surface area contributed by atoms with Crippen LogP contribution in [-0.4, -0.2) is 28.5 Å². The lowest BCUT2D eigenvalue weighted by Crippen LogP contribution is -2.40. The minimum Gasteiger partial charge on any atom is -0.355 e. The summed E-state index contributed by atoms with van der Waals surface area (Å²) in [5.41, 5.74) is 13.6. The van der Waals surface area contributed by atoms with E-state index in [0.717, 1.165) is 59.7 Å². The third-order valence-electron chi connectivity index (χ3n) is 6.15. The van der Waals surface area contributed by atoms with Gasteiger partial charge in [-0.25, -0.2) is 9.83 Å². The predicted molar refractivity (Wildman–Crippen MR) is 126 cm³/mol. The predicted octanol–water partition coefficient (Wildman–Crippen LogP) is 5.46. The van der Waals surface area contributed by atoms with Gasteiger partial charge in [-0.3, -0.25) is 0 Å². The summed E-state index contributed by atoms with van der Waals surface area (Å²) in [7, 11) is 0. The van der Waals surface area contributed by atoms with Gasteiger partial charge in [0, 0.05) is 37.1 Å². The van der Waals surface area contributed by atoms with Crippen LogP contribution in [0.1, 0.15) is 18.4 Å². The maximum absolute atomic E-state index is 7.26. The normalized spacial score (nSPS) is 14.7. The van der Waals surface area contributed by atoms with Gasteiger partial charge in [0.25, 0.3) is 0 Å². The van der Waals surface area contributed by atoms with Crippen LogP contribution < -0.4 is 10.6 Å². The molecule has 3 heterocycles. The highest BCUT2D eigenvalue weighted by Crippen LogP contribution is 2.38. The van der Waals surface area contributed by atoms with Crippen LogP contribution in [0.25, 0.3) is 32.7 Å². The summed E-state index contributed by atoms with van der Waals surface area (Å²) in [6.07, 6.45) is 5.90. The van der Waals surface area contributed by atoms with Gasteiger partial charge in [-0.05, 0) is 37.0 Å². The Morgan fingerprint density at radius 3 is 2.35 bits per heavy atom. The summed E-state index contributed by atoms with van der Waals surface area (Å²) >= 11 is 0. The average molecular weight is 408 g/mol. The molecule has 31 heavy (non-hydrogen) atoms. The molecule has 2 aromatic carbocycles. The molecule has 1 aliphatic rings. The molecular formula is C26H25N5. The van der Waals surface area contributed by atoms with Crippen LogP contribution in [0, 0.1) is 13.5 Å². The Balaban J connectivity index is 1.72. The largest absolute Gasteiger partial charge is 0.355 e. The van der Waals surface area contributed by atoms with Crippen molar-refractivity contribution < 1.29 is 0 Å². The standard InChI is InChI=1S/C26H25N5/c1-18-3-5-20(6-4-18)25-23(19-7-9-22(28-2)10-8-19)17-24-26(29-13-16-31(24)25)30-14-11-21(27)12-15-30/h3-10,13,16-17,21H,11-12,14-15,27H2,1H3. The van der Waals surface area contributed by atoms with E-state index in [1.54, 1.807) is 0 Å². The Hall–Kier alpha value is -3.62. The number of aryl methyl sites for hydroxylation is 1. The quantitative estimate of drug-likeness (QED) is 0.459. The number of nitrogens with zero attached hydrogens (tertiary/aromatic N) is 4. The Bertz CT molecular complexity index is 1250. The van der Waals surface area contributed by atoms with Crippen LogP contribution in [-0.2, 0) is 0 Å². The molecule has 0 aliphatic carbocycles. The van der Waals surface area contributed by atoms with Crippen molar-refractivity contribution in [2.24, 2.45) is 5.73 Å². The van der Waals surface area contributed by atoms with E-state index in [0.29, 0.717) is 5.69 Å². The van der Waals surface area contributed by atoms with Crippen molar-refractivity contribution in [3.05, 3.63) is 84.0 Å². The van der Waals surface area contributed by atoms with Gasteiger partial charge in [0.05, 0.1) is 17.8 Å². The Labute approximate surface area is 182 Å². The van der Waals surface area contributed by atoms with Crippen molar-refractivity contribution >= 4 is 17.0 Å². The molecule has 0 amide bonds. The molecule has 1 fully saturated rings. The summed E-state index contributed by atoms with van der Waals surface area (Å²) < 4.78 is 2.25. The molecule has 0 radical (unpaired) electrons. The first-order valence-corrected chi connectivity index (χ1v) is 10.7. The van der Waals surface area contributed by atoms with E-state index in [4.69, 9.17) is 17.3 Å². The topological polar surface area (TPSA) is 50.9 Å². The van der Waals surface area contributed by atoms with Gasteiger partial charge in [0.1, 0.15) is 0 Å². The van der Waals surface area contributed by atoms with Gasteiger partial charge < -0.3 is 15.0 Å². The number of hydrogen-bond donors (Lipinski definition) is 1. The number of hydrogen-bond acceptors (Lipinski definition) is 3. The highest BCUT2D eigenvalue weighted by Gasteiger charge is 2.22. The van der Waals surface area contributed by atoms with Crippen molar-refractivity contribution in [1.29, 1.82) is 0 Å². The Morgan fingerprint density at radius 1 is 1.00 bits per heavy atom. The first-order chi connectivity index (χ1) is 15.1. The third kappa shape index (κ3) is 3.56. The molecule has 4 aromatic rings. The van der Waals surface area contributed by atoms with Gasteiger partial charge in [0.2, 0.25) is 0 Å². The second-order valence-corrected chi connectivity index (χ2v) is 8.26. The number of nitrogens with two attached hydrogens (primary N) is 1. The fourth-order valence-electron chi connectivity index (χ4n) is 4.39. The first kappa shape index (κ1) is 19.3. The van der Waals surface area contributed by atoms with Crippen LogP contribution in [0.4, 0.5) is 11.5 Å². The molecule has 0 spiro atoms. The van der Waals surface area contributed by atoms with E-state index < -0.39 is 0 Å². The maximum atomic E-state index is 7.26. The summed E-state index contributed by atoms with van der Waals surface area (Å²) in [6, 6.07) is 19.0. The average Bonchev–Trinajstić information content (AvgIpc) is 3.20. The first-order valence-electron chi connectivity index (χ1n) is 10.7. The lowest BCUT2D eigenvalue weighted by Gasteiger charge is -2.31. The zero-order valence-corrected chi connectivity index (χ0v) is 17.6. The van der Waals surface area contributed by atoms with Crippen molar-refractivity contribution in [3.63, 3.8) is 0 Å². The minimum absolute atomic E-state index is 0.280. The lowest BCUT2D eigenvalue weighted by molar-refractivity contribution is 0.499. The number of rotatable bonds is 3. The fraction of sp³-hybridized carbons (Fsp3) is 0.231. The molecule has 1 saturated heterocycles. The molecule has 0 unspecified atom stereocenters. The number of fused-ring (bicyclic) bond motifs is 1. The Morgan fingerprint density at radius 2 is 1.68 bits per heavy atom. The van der Waals surface area contributed by atoms with E-state index in [9.17, 15) is 0 Å². The van der Waals surface area contributed by atoms with Crippen LogP contribution in [0.2, 0.25) is 0 Å². The number of piperidine rings is 1. The van der Waals surface area contributed by atoms with E-state index in [-0.39, 0.29) is 6.04 Å². The molecule has 5 heteroatoms. The molecule has 154 valence electrons. The smallest absolute Gasteiger partial charge is 0.187 e. The maximum Gasteiger partial charge on any atom is 0.187 e. The van der Waals surface area contributed by atoms with Gasteiger partial charge in [-0.15, -0.1) is 0 Å². The molecule has 0 bridgehead atoms. The lowest BCUT2D eigenvalue weighted by atomic mass is 10.0. The molecule has 5 nitrogen and oxygen atoms in total. The van der Waals surface area contributed by atoms with Crippen LogP contribution in [0.15, 0.2) is 67.0 Å². The van der Waals surface area contributed by atoms with Crippen LogP contribution >= 0.6 is 0 Å². The monoisotopic (exact) mass is 407 g/mol. The molecular weight excluding hydrogens is 382 g/mol. The van der Waals surface area contributed by atoms with Crippen LogP contribution in [0.5, 0.6) is 0 Å². The van der Waals surface area contributed by atoms with Gasteiger partial charge in [-0.2, -0.15) is 0 Å². The van der Waals surface area contributed by atoms with Gasteiger partial charge >= 0.3 is 0 Å². The van der Waals surface area contributed by atoms with Crippen molar-refractivity contribution in [1.82, 2.24) is 9.38 Å². The van der Waals surface area contributed by atoms with E-state index in [1.807, 2.05) is 36.7 Å². The number of anilines is 1.